The summed E-state index contributed by atoms with van der Waals surface area (Å²) < 4.78 is 16.8. The summed E-state index contributed by atoms with van der Waals surface area (Å²) in [6.45, 7) is 11.6. The minimum atomic E-state index is -0.627. The summed E-state index contributed by atoms with van der Waals surface area (Å²) >= 11 is 13.2. The molecule has 16 heteroatoms. The number of likely N-dealkylation sites (tertiary alicyclic amines) is 2. The Hall–Kier alpha value is -5.72. The third-order valence-corrected chi connectivity index (χ3v) is 14.7. The van der Waals surface area contributed by atoms with Gasteiger partial charge in [0.1, 0.15) is 18.0 Å². The van der Waals surface area contributed by atoms with Gasteiger partial charge < -0.3 is 39.4 Å². The van der Waals surface area contributed by atoms with Crippen LogP contribution in [0.5, 0.6) is 11.5 Å². The van der Waals surface area contributed by atoms with Crippen molar-refractivity contribution in [1.29, 1.82) is 0 Å². The fraction of sp³-hybridized carbons (Fsp3) is 0.309. The van der Waals surface area contributed by atoms with Gasteiger partial charge >= 0.3 is 0 Å². The second kappa shape index (κ2) is 23.2. The summed E-state index contributed by atoms with van der Waals surface area (Å²) in [5.41, 5.74) is 7.56. The lowest BCUT2D eigenvalue weighted by Crippen LogP contribution is -2.61. The molecule has 3 aliphatic rings. The highest BCUT2D eigenvalue weighted by molar-refractivity contribution is 14.1. The van der Waals surface area contributed by atoms with Gasteiger partial charge in [-0.3, -0.25) is 24.1 Å². The topological polar surface area (TPSA) is 129 Å². The fourth-order valence-corrected chi connectivity index (χ4v) is 10.7. The Labute approximate surface area is 442 Å². The maximum Gasteiger partial charge on any atom is 0.246 e. The van der Waals surface area contributed by atoms with Crippen molar-refractivity contribution in [2.24, 2.45) is 0 Å². The van der Waals surface area contributed by atoms with Crippen molar-refractivity contribution in [1.82, 2.24) is 34.8 Å². The van der Waals surface area contributed by atoms with Gasteiger partial charge in [0, 0.05) is 89.1 Å². The van der Waals surface area contributed by atoms with Gasteiger partial charge in [-0.25, -0.2) is 0 Å². The van der Waals surface area contributed by atoms with Crippen molar-refractivity contribution in [3.05, 3.63) is 152 Å². The molecule has 2 fully saturated rings. The van der Waals surface area contributed by atoms with Gasteiger partial charge in [0.25, 0.3) is 0 Å². The minimum absolute atomic E-state index is 0.0547. The molecule has 4 amide bonds. The number of halogens is 3. The minimum Gasteiger partial charge on any atom is -0.496 e. The van der Waals surface area contributed by atoms with Crippen LogP contribution in [0.2, 0.25) is 5.02 Å². The van der Waals surface area contributed by atoms with E-state index in [4.69, 9.17) is 21.1 Å². The summed E-state index contributed by atoms with van der Waals surface area (Å²) in [7, 11) is 5.59. The Bertz CT molecular complexity index is 2920. The van der Waals surface area contributed by atoms with Crippen LogP contribution in [0.25, 0.3) is 33.7 Å². The number of methoxy groups -OCH3 is 1. The van der Waals surface area contributed by atoms with Crippen LogP contribution >= 0.6 is 50.1 Å². The van der Waals surface area contributed by atoms with Gasteiger partial charge in [-0.2, -0.15) is 0 Å². The second-order valence-corrected chi connectivity index (χ2v) is 20.8. The van der Waals surface area contributed by atoms with Gasteiger partial charge in [-0.15, -0.1) is 0 Å². The number of hydrogen-bond donors (Lipinski definition) is 2. The van der Waals surface area contributed by atoms with E-state index in [9.17, 15) is 19.2 Å². The van der Waals surface area contributed by atoms with Crippen molar-refractivity contribution in [3.63, 3.8) is 0 Å². The van der Waals surface area contributed by atoms with Gasteiger partial charge in [0.05, 0.1) is 29.7 Å². The Kier molecular flexibility index (Phi) is 16.9. The van der Waals surface area contributed by atoms with Crippen LogP contribution < -0.4 is 20.1 Å². The van der Waals surface area contributed by atoms with Gasteiger partial charge in [0.2, 0.25) is 23.6 Å². The highest BCUT2D eigenvalue weighted by Gasteiger charge is 2.33. The molecule has 0 saturated carbocycles. The Morgan fingerprint density at radius 1 is 0.944 bits per heavy atom. The fourth-order valence-electron chi connectivity index (χ4n) is 9.29. The Balaban J connectivity index is 1.05. The molecule has 3 aliphatic heterocycles. The van der Waals surface area contributed by atoms with E-state index in [2.05, 4.69) is 91.5 Å². The summed E-state index contributed by atoms with van der Waals surface area (Å²) in [6, 6.07) is 23.9. The summed E-state index contributed by atoms with van der Waals surface area (Å²) in [4.78, 5) is 58.8. The van der Waals surface area contributed by atoms with Crippen LogP contribution in [0.1, 0.15) is 35.1 Å². The molecule has 13 nitrogen and oxygen atoms in total. The van der Waals surface area contributed by atoms with E-state index >= 15 is 0 Å². The quantitative estimate of drug-likeness (QED) is 0.0623. The van der Waals surface area contributed by atoms with Crippen LogP contribution in [0.4, 0.5) is 0 Å². The predicted octanol–water partition coefficient (Wildman–Crippen LogP) is 8.57. The average Bonchev–Trinajstić information content (AvgIpc) is 3.63. The molecule has 8 rings (SSSR count). The molecule has 0 radical (unpaired) electrons. The zero-order chi connectivity index (χ0) is 50.3. The molecule has 1 unspecified atom stereocenters. The number of allylic oxidation sites excluding steroid dienone is 1. The van der Waals surface area contributed by atoms with E-state index in [-0.39, 0.29) is 48.7 Å². The standard InChI is InChI=1S/C55H58BrClIN7O6/c1-6-35-16-18-38(56)26-46(35)44(12-9-14-51(66)59-39-31-65(32-39)54(69)15-10-23-61(3)4)55(62-24-22-43-37(28-62)11-8-13-50(43)70-5)71-41-19-21-42(47(57)27-41)36-17-20-45-48(58)33-63(49(45)25-36)34-52(67)60-40-29-64(30-40)53(68)7-2/h6-8,10-13,15-21,25-27,33,39-40,55H,1-2,9,14,22-24,28-32,34H2,3-5H3,(H,59,66)(H,60,67)/b15-10+,44-12+. The van der Waals surface area contributed by atoms with Crippen molar-refractivity contribution >= 4 is 96.3 Å². The number of ether oxygens (including phenoxy) is 2. The lowest BCUT2D eigenvalue weighted by molar-refractivity contribution is -0.133. The number of carbonyl (C=O) groups is 4. The maximum absolute atomic E-state index is 13.5. The largest absolute Gasteiger partial charge is 0.496 e. The molecule has 1 aromatic heterocycles. The first-order chi connectivity index (χ1) is 34.2. The number of aromatic nitrogens is 1. The number of nitrogens with zero attached hydrogens (tertiary/aromatic N) is 5. The first kappa shape index (κ1) is 51.6. The van der Waals surface area contributed by atoms with Crippen LogP contribution in [0.3, 0.4) is 0 Å². The smallest absolute Gasteiger partial charge is 0.246 e. The highest BCUT2D eigenvalue weighted by atomic mass is 127. The number of fused-ring (bicyclic) bond motifs is 2. The monoisotopic (exact) mass is 1150 g/mol. The molecule has 4 heterocycles. The van der Waals surface area contributed by atoms with Crippen molar-refractivity contribution < 1.29 is 28.7 Å². The molecule has 1 atom stereocenters. The van der Waals surface area contributed by atoms with Crippen LogP contribution in [-0.2, 0) is 38.7 Å². The van der Waals surface area contributed by atoms with E-state index in [0.29, 0.717) is 63.0 Å². The number of amides is 4. The number of carbonyl (C=O) groups excluding carboxylic acids is 4. The van der Waals surface area contributed by atoms with E-state index in [1.165, 1.54) is 11.6 Å². The first-order valence-corrected chi connectivity index (χ1v) is 25.8. The van der Waals surface area contributed by atoms with Crippen LogP contribution in [0.15, 0.2) is 121 Å². The zero-order valence-corrected chi connectivity index (χ0v) is 44.6. The van der Waals surface area contributed by atoms with E-state index in [1.54, 1.807) is 23.0 Å². The third-order valence-electron chi connectivity index (χ3n) is 13.0. The number of likely N-dealkylation sites (N-methyl/N-ethyl adjacent to an activating group) is 1. The number of hydrogen-bond acceptors (Lipinski definition) is 8. The molecule has 5 aromatic rings. The average molecular weight is 1160 g/mol. The number of rotatable bonds is 19. The van der Waals surface area contributed by atoms with E-state index in [1.807, 2.05) is 96.5 Å². The Morgan fingerprint density at radius 2 is 1.69 bits per heavy atom. The molecule has 370 valence electrons. The molecule has 0 spiro atoms. The van der Waals surface area contributed by atoms with Gasteiger partial charge in [-0.1, -0.05) is 89.2 Å². The molecular formula is C55H58BrClIN7O6. The summed E-state index contributed by atoms with van der Waals surface area (Å²) in [5, 5.41) is 7.67. The van der Waals surface area contributed by atoms with Crippen molar-refractivity contribution in [2.75, 3.05) is 60.5 Å². The summed E-state index contributed by atoms with van der Waals surface area (Å²) in [5.74, 6) is 0.989. The second-order valence-electron chi connectivity index (χ2n) is 18.3. The third kappa shape index (κ3) is 12.3. The molecule has 2 saturated heterocycles. The zero-order valence-electron chi connectivity index (χ0n) is 40.1. The first-order valence-electron chi connectivity index (χ1n) is 23.6. The van der Waals surface area contributed by atoms with Crippen LogP contribution in [-0.4, -0.2) is 127 Å². The van der Waals surface area contributed by atoms with Gasteiger partial charge in [0.15, 0.2) is 6.23 Å². The highest BCUT2D eigenvalue weighted by Crippen LogP contribution is 2.39. The molecule has 71 heavy (non-hydrogen) atoms. The molecule has 4 aromatic carbocycles. The Morgan fingerprint density at radius 3 is 2.39 bits per heavy atom. The van der Waals surface area contributed by atoms with Crippen molar-refractivity contribution in [3.8, 4) is 22.6 Å². The van der Waals surface area contributed by atoms with Gasteiger partial charge in [-0.05, 0) is 126 Å². The van der Waals surface area contributed by atoms with E-state index in [0.717, 1.165) is 64.5 Å². The number of benzene rings is 4. The SMILES string of the molecule is C=CC(=O)N1CC(NC(=O)Cn2cc(I)c3ccc(-c4ccc(OC(/C(=C/CCC(=O)NC5CN(C(=O)/C=C/CN(C)C)C5)c5cc(Br)ccc5C=C)N5CCc6c(cccc6OC)C5)cc4Cl)cc32)C1. The normalized spacial score (nSPS) is 15.8. The predicted molar refractivity (Wildman–Crippen MR) is 293 cm³/mol. The van der Waals surface area contributed by atoms with E-state index < -0.39 is 6.23 Å². The van der Waals surface area contributed by atoms with Crippen LogP contribution in [0, 0.1) is 3.57 Å². The molecular weight excluding hydrogens is 1100 g/mol. The molecule has 2 N–H and O–H groups in total. The van der Waals surface area contributed by atoms with Crippen molar-refractivity contribution in [2.45, 2.75) is 50.7 Å². The number of nitrogens with one attached hydrogen (secondary N) is 2. The molecule has 0 bridgehead atoms. The molecule has 0 aliphatic carbocycles. The lowest BCUT2D eigenvalue weighted by atomic mass is 9.93. The maximum atomic E-state index is 13.5. The lowest BCUT2D eigenvalue weighted by Gasteiger charge is -2.39. The summed E-state index contributed by atoms with van der Waals surface area (Å²) in [6.07, 6.45) is 11.4.